The van der Waals surface area contributed by atoms with E-state index < -0.39 is 0 Å². The van der Waals surface area contributed by atoms with Crippen molar-refractivity contribution in [1.82, 2.24) is 5.43 Å². The van der Waals surface area contributed by atoms with Gasteiger partial charge in [-0.3, -0.25) is 4.79 Å². The van der Waals surface area contributed by atoms with Gasteiger partial charge in [0.2, 0.25) is 0 Å². The van der Waals surface area contributed by atoms with E-state index in [4.69, 9.17) is 9.47 Å². The highest BCUT2D eigenvalue weighted by Crippen LogP contribution is 2.26. The molecule has 2 rings (SSSR count). The zero-order valence-electron chi connectivity index (χ0n) is 12.7. The number of para-hydroxylation sites is 2. The summed E-state index contributed by atoms with van der Waals surface area (Å²) in [5, 5.41) is 3.89. The Balaban J connectivity index is 1.82. The van der Waals surface area contributed by atoms with Crippen LogP contribution in [0.2, 0.25) is 0 Å². The predicted octanol–water partition coefficient (Wildman–Crippen LogP) is 3.38. The van der Waals surface area contributed by atoms with Gasteiger partial charge in [0.1, 0.15) is 0 Å². The Bertz CT molecular complexity index is 672. The Morgan fingerprint density at radius 1 is 1.13 bits per heavy atom. The molecule has 1 amide bonds. The van der Waals surface area contributed by atoms with Crippen molar-refractivity contribution in [2.24, 2.45) is 5.10 Å². The summed E-state index contributed by atoms with van der Waals surface area (Å²) in [7, 11) is 0. The van der Waals surface area contributed by atoms with E-state index in [-0.39, 0.29) is 12.5 Å². The predicted molar refractivity (Wildman–Crippen MR) is 93.0 cm³/mol. The van der Waals surface area contributed by atoms with Crippen molar-refractivity contribution in [3.05, 3.63) is 58.6 Å². The van der Waals surface area contributed by atoms with Crippen LogP contribution in [0.5, 0.6) is 11.5 Å². The molecule has 1 N–H and O–H groups in total. The molecule has 2 aromatic carbocycles. The molecule has 0 saturated carbocycles. The maximum atomic E-state index is 11.7. The molecule has 120 valence electrons. The molecule has 0 radical (unpaired) electrons. The molecule has 0 aromatic heterocycles. The minimum atomic E-state index is -0.343. The summed E-state index contributed by atoms with van der Waals surface area (Å²) in [4.78, 5) is 11.7. The third-order valence-corrected chi connectivity index (χ3v) is 3.31. The number of benzene rings is 2. The smallest absolute Gasteiger partial charge is 0.277 e. The lowest BCUT2D eigenvalue weighted by molar-refractivity contribution is -0.123. The largest absolute Gasteiger partial charge is 0.490 e. The van der Waals surface area contributed by atoms with Gasteiger partial charge >= 0.3 is 0 Å². The van der Waals surface area contributed by atoms with Crippen molar-refractivity contribution >= 4 is 28.1 Å². The van der Waals surface area contributed by atoms with Crippen molar-refractivity contribution < 1.29 is 14.3 Å². The molecule has 0 aliphatic heterocycles. The van der Waals surface area contributed by atoms with Crippen molar-refractivity contribution in [3.8, 4) is 11.5 Å². The molecule has 0 saturated heterocycles. The number of carbonyl (C=O) groups excluding carboxylic acids is 1. The van der Waals surface area contributed by atoms with Crippen LogP contribution in [0.3, 0.4) is 0 Å². The Morgan fingerprint density at radius 3 is 2.43 bits per heavy atom. The molecule has 0 aliphatic rings. The summed E-state index contributed by atoms with van der Waals surface area (Å²) in [6.45, 7) is 2.28. The molecular weight excluding hydrogens is 360 g/mol. The number of nitrogens with zero attached hydrogens (tertiary/aromatic N) is 1. The lowest BCUT2D eigenvalue weighted by atomic mass is 10.2. The van der Waals surface area contributed by atoms with Gasteiger partial charge in [-0.25, -0.2) is 5.43 Å². The number of carbonyl (C=O) groups is 1. The summed E-state index contributed by atoms with van der Waals surface area (Å²) in [5.74, 6) is 0.798. The van der Waals surface area contributed by atoms with Gasteiger partial charge < -0.3 is 9.47 Å². The molecular formula is C17H17BrN2O3. The van der Waals surface area contributed by atoms with Gasteiger partial charge in [-0.1, -0.05) is 40.2 Å². The molecule has 0 bridgehead atoms. The standard InChI is InChI=1S/C17H17BrN2O3/c1-2-22-15-5-3-4-6-16(15)23-12-17(21)20-19-11-13-7-9-14(18)10-8-13/h3-11H,2,12H2,1H3,(H,20,21). The van der Waals surface area contributed by atoms with Crippen LogP contribution in [0.4, 0.5) is 0 Å². The van der Waals surface area contributed by atoms with Crippen molar-refractivity contribution in [3.63, 3.8) is 0 Å². The second-order valence-electron chi connectivity index (χ2n) is 4.51. The summed E-state index contributed by atoms with van der Waals surface area (Å²) < 4.78 is 11.9. The number of hydrogen-bond acceptors (Lipinski definition) is 4. The zero-order valence-corrected chi connectivity index (χ0v) is 14.2. The van der Waals surface area contributed by atoms with Gasteiger partial charge in [0.15, 0.2) is 18.1 Å². The van der Waals surface area contributed by atoms with Crippen molar-refractivity contribution in [2.45, 2.75) is 6.92 Å². The number of halogens is 1. The SMILES string of the molecule is CCOc1ccccc1OCC(=O)NN=Cc1ccc(Br)cc1. The highest BCUT2D eigenvalue weighted by atomic mass is 79.9. The maximum Gasteiger partial charge on any atom is 0.277 e. The van der Waals surface area contributed by atoms with Gasteiger partial charge in [-0.05, 0) is 36.8 Å². The second kappa shape index (κ2) is 8.95. The van der Waals surface area contributed by atoms with Crippen LogP contribution in [0.15, 0.2) is 58.1 Å². The van der Waals surface area contributed by atoms with Gasteiger partial charge in [0.05, 0.1) is 12.8 Å². The van der Waals surface area contributed by atoms with E-state index in [9.17, 15) is 4.79 Å². The van der Waals surface area contributed by atoms with E-state index in [1.54, 1.807) is 18.3 Å². The summed E-state index contributed by atoms with van der Waals surface area (Å²) >= 11 is 3.36. The van der Waals surface area contributed by atoms with E-state index in [1.807, 2.05) is 43.3 Å². The Hall–Kier alpha value is -2.34. The molecule has 0 atom stereocenters. The van der Waals surface area contributed by atoms with Crippen LogP contribution >= 0.6 is 15.9 Å². The molecule has 0 aliphatic carbocycles. The number of hydrogen-bond donors (Lipinski definition) is 1. The average Bonchev–Trinajstić information content (AvgIpc) is 2.56. The van der Waals surface area contributed by atoms with Crippen LogP contribution in [0, 0.1) is 0 Å². The minimum absolute atomic E-state index is 0.137. The fourth-order valence-electron chi connectivity index (χ4n) is 1.75. The summed E-state index contributed by atoms with van der Waals surface area (Å²) in [6, 6.07) is 14.8. The van der Waals surface area contributed by atoms with Crippen LogP contribution in [0.1, 0.15) is 12.5 Å². The maximum absolute atomic E-state index is 11.7. The fourth-order valence-corrected chi connectivity index (χ4v) is 2.01. The minimum Gasteiger partial charge on any atom is -0.490 e. The number of ether oxygens (including phenoxy) is 2. The van der Waals surface area contributed by atoms with E-state index in [0.29, 0.717) is 18.1 Å². The molecule has 2 aromatic rings. The molecule has 0 spiro atoms. The van der Waals surface area contributed by atoms with Crippen LogP contribution < -0.4 is 14.9 Å². The zero-order chi connectivity index (χ0) is 16.5. The monoisotopic (exact) mass is 376 g/mol. The number of hydrazone groups is 1. The van der Waals surface area contributed by atoms with Crippen LogP contribution in [-0.4, -0.2) is 25.3 Å². The second-order valence-corrected chi connectivity index (χ2v) is 5.43. The highest BCUT2D eigenvalue weighted by molar-refractivity contribution is 9.10. The quantitative estimate of drug-likeness (QED) is 0.595. The first kappa shape index (κ1) is 17.0. The Morgan fingerprint density at radius 2 is 1.78 bits per heavy atom. The van der Waals surface area contributed by atoms with Gasteiger partial charge in [-0.15, -0.1) is 0 Å². The van der Waals surface area contributed by atoms with Gasteiger partial charge in [0.25, 0.3) is 5.91 Å². The first-order chi connectivity index (χ1) is 11.2. The molecule has 6 heteroatoms. The third kappa shape index (κ3) is 5.75. The van der Waals surface area contributed by atoms with E-state index >= 15 is 0 Å². The van der Waals surface area contributed by atoms with Gasteiger partial charge in [0, 0.05) is 4.47 Å². The van der Waals surface area contributed by atoms with Crippen LogP contribution in [0.25, 0.3) is 0 Å². The molecule has 23 heavy (non-hydrogen) atoms. The van der Waals surface area contributed by atoms with E-state index in [1.165, 1.54) is 0 Å². The number of rotatable bonds is 7. The average molecular weight is 377 g/mol. The number of amides is 1. The molecule has 0 unspecified atom stereocenters. The summed E-state index contributed by atoms with van der Waals surface area (Å²) in [5.41, 5.74) is 3.31. The third-order valence-electron chi connectivity index (χ3n) is 2.78. The molecule has 5 nitrogen and oxygen atoms in total. The topological polar surface area (TPSA) is 59.9 Å². The lowest BCUT2D eigenvalue weighted by Gasteiger charge is -2.10. The van der Waals surface area contributed by atoms with Crippen molar-refractivity contribution in [2.75, 3.05) is 13.2 Å². The number of nitrogens with one attached hydrogen (secondary N) is 1. The molecule has 0 fully saturated rings. The fraction of sp³-hybridized carbons (Fsp3) is 0.176. The first-order valence-corrected chi connectivity index (χ1v) is 7.90. The summed E-state index contributed by atoms with van der Waals surface area (Å²) in [6.07, 6.45) is 1.57. The van der Waals surface area contributed by atoms with E-state index in [0.717, 1.165) is 10.0 Å². The van der Waals surface area contributed by atoms with Gasteiger partial charge in [-0.2, -0.15) is 5.10 Å². The van der Waals surface area contributed by atoms with Crippen molar-refractivity contribution in [1.29, 1.82) is 0 Å². The normalized spacial score (nSPS) is 10.5. The highest BCUT2D eigenvalue weighted by Gasteiger charge is 2.06. The first-order valence-electron chi connectivity index (χ1n) is 7.11. The molecule has 0 heterocycles. The Kier molecular flexibility index (Phi) is 6.62. The lowest BCUT2D eigenvalue weighted by Crippen LogP contribution is -2.24. The Labute approximate surface area is 143 Å². The van der Waals surface area contributed by atoms with E-state index in [2.05, 4.69) is 26.5 Å². The van der Waals surface area contributed by atoms with Crippen LogP contribution in [-0.2, 0) is 4.79 Å².